The van der Waals surface area contributed by atoms with E-state index in [0.29, 0.717) is 22.6 Å². The molecule has 0 saturated carbocycles. The third-order valence-electron chi connectivity index (χ3n) is 3.17. The molecule has 0 aliphatic heterocycles. The summed E-state index contributed by atoms with van der Waals surface area (Å²) in [6.45, 7) is 0. The van der Waals surface area contributed by atoms with Crippen LogP contribution in [0.25, 0.3) is 11.3 Å². The number of phenolic OH excluding ortho intramolecular Hbond substituents is 1. The lowest BCUT2D eigenvalue weighted by Crippen LogP contribution is -2.11. The van der Waals surface area contributed by atoms with Gasteiger partial charge in [-0.15, -0.1) is 0 Å². The Balaban J connectivity index is 1.75. The minimum atomic E-state index is -0.413. The van der Waals surface area contributed by atoms with Gasteiger partial charge in [0.25, 0.3) is 5.91 Å². The molecule has 2 aromatic carbocycles. The van der Waals surface area contributed by atoms with E-state index >= 15 is 0 Å². The normalized spacial score (nSPS) is 10.0. The van der Waals surface area contributed by atoms with Crippen LogP contribution in [0, 0.1) is 11.3 Å². The molecule has 1 heterocycles. The van der Waals surface area contributed by atoms with Gasteiger partial charge in [-0.05, 0) is 48.5 Å². The number of amides is 1. The van der Waals surface area contributed by atoms with E-state index in [-0.39, 0.29) is 11.4 Å². The van der Waals surface area contributed by atoms with Crippen LogP contribution in [0.1, 0.15) is 16.1 Å². The maximum absolute atomic E-state index is 12.1. The number of anilines is 1. The molecule has 0 bridgehead atoms. The van der Waals surface area contributed by atoms with Crippen molar-refractivity contribution in [1.82, 2.24) is 5.16 Å². The van der Waals surface area contributed by atoms with E-state index in [2.05, 4.69) is 10.5 Å². The van der Waals surface area contributed by atoms with Crippen molar-refractivity contribution in [2.75, 3.05) is 5.32 Å². The van der Waals surface area contributed by atoms with Crippen LogP contribution < -0.4 is 5.32 Å². The molecule has 6 nitrogen and oxygen atoms in total. The Morgan fingerprint density at radius 2 is 1.83 bits per heavy atom. The molecule has 0 aliphatic carbocycles. The average molecular weight is 305 g/mol. The average Bonchev–Trinajstić information content (AvgIpc) is 3.06. The standard InChI is InChI=1S/C17H11N3O3/c18-10-11-1-5-13(6-2-11)19-17(22)15-9-16(23-20-15)12-3-7-14(21)8-4-12/h1-9,21H,(H,19,22). The van der Waals surface area contributed by atoms with E-state index in [0.717, 1.165) is 0 Å². The molecule has 0 saturated heterocycles. The minimum absolute atomic E-state index is 0.137. The van der Waals surface area contributed by atoms with Crippen LogP contribution in [0.4, 0.5) is 5.69 Å². The summed E-state index contributed by atoms with van der Waals surface area (Å²) in [7, 11) is 0. The van der Waals surface area contributed by atoms with Crippen LogP contribution >= 0.6 is 0 Å². The number of carbonyl (C=O) groups is 1. The van der Waals surface area contributed by atoms with Crippen molar-refractivity contribution in [2.24, 2.45) is 0 Å². The summed E-state index contributed by atoms with van der Waals surface area (Å²) in [5, 5.41) is 24.4. The van der Waals surface area contributed by atoms with E-state index < -0.39 is 5.91 Å². The highest BCUT2D eigenvalue weighted by molar-refractivity contribution is 6.03. The Bertz CT molecular complexity index is 875. The number of carbonyl (C=O) groups excluding carboxylic acids is 1. The van der Waals surface area contributed by atoms with E-state index in [9.17, 15) is 9.90 Å². The Labute approximate surface area is 131 Å². The lowest BCUT2D eigenvalue weighted by molar-refractivity contribution is 0.101. The van der Waals surface area contributed by atoms with Gasteiger partial charge in [0.05, 0.1) is 11.6 Å². The van der Waals surface area contributed by atoms with Gasteiger partial charge in [0.1, 0.15) is 5.75 Å². The molecule has 0 atom stereocenters. The number of rotatable bonds is 3. The van der Waals surface area contributed by atoms with Crippen molar-refractivity contribution in [2.45, 2.75) is 0 Å². The predicted octanol–water partition coefficient (Wildman–Crippen LogP) is 3.17. The second-order valence-corrected chi connectivity index (χ2v) is 4.77. The summed E-state index contributed by atoms with van der Waals surface area (Å²) in [5.74, 6) is 0.158. The van der Waals surface area contributed by atoms with Crippen molar-refractivity contribution in [3.63, 3.8) is 0 Å². The van der Waals surface area contributed by atoms with Crippen molar-refractivity contribution in [1.29, 1.82) is 5.26 Å². The molecule has 0 spiro atoms. The van der Waals surface area contributed by atoms with Crippen LogP contribution in [0.15, 0.2) is 59.1 Å². The van der Waals surface area contributed by atoms with E-state index in [1.54, 1.807) is 36.4 Å². The molecule has 6 heteroatoms. The third-order valence-corrected chi connectivity index (χ3v) is 3.17. The van der Waals surface area contributed by atoms with Gasteiger partial charge in [-0.2, -0.15) is 5.26 Å². The summed E-state index contributed by atoms with van der Waals surface area (Å²) in [6.07, 6.45) is 0. The molecular weight excluding hydrogens is 294 g/mol. The Kier molecular flexibility index (Phi) is 3.77. The first-order valence-corrected chi connectivity index (χ1v) is 6.73. The second-order valence-electron chi connectivity index (χ2n) is 4.77. The Morgan fingerprint density at radius 1 is 1.13 bits per heavy atom. The van der Waals surface area contributed by atoms with Crippen molar-refractivity contribution in [3.05, 3.63) is 65.9 Å². The van der Waals surface area contributed by atoms with Crippen LogP contribution in [0.3, 0.4) is 0 Å². The van der Waals surface area contributed by atoms with Crippen molar-refractivity contribution in [3.8, 4) is 23.1 Å². The van der Waals surface area contributed by atoms with Gasteiger partial charge < -0.3 is 14.9 Å². The van der Waals surface area contributed by atoms with E-state index in [1.807, 2.05) is 6.07 Å². The maximum atomic E-state index is 12.1. The topological polar surface area (TPSA) is 99.2 Å². The van der Waals surface area contributed by atoms with Gasteiger partial charge in [0.2, 0.25) is 0 Å². The summed E-state index contributed by atoms with van der Waals surface area (Å²) in [5.41, 5.74) is 1.91. The number of hydrogen-bond acceptors (Lipinski definition) is 5. The SMILES string of the molecule is N#Cc1ccc(NC(=O)c2cc(-c3ccc(O)cc3)on2)cc1. The first kappa shape index (κ1) is 14.4. The molecule has 0 unspecified atom stereocenters. The number of nitrogens with zero attached hydrogens (tertiary/aromatic N) is 2. The highest BCUT2D eigenvalue weighted by Crippen LogP contribution is 2.23. The zero-order valence-corrected chi connectivity index (χ0v) is 11.9. The zero-order chi connectivity index (χ0) is 16.2. The van der Waals surface area contributed by atoms with Crippen LogP contribution in [-0.4, -0.2) is 16.2 Å². The van der Waals surface area contributed by atoms with Crippen molar-refractivity contribution >= 4 is 11.6 Å². The van der Waals surface area contributed by atoms with Crippen LogP contribution in [0.2, 0.25) is 0 Å². The fourth-order valence-corrected chi connectivity index (χ4v) is 1.97. The fraction of sp³-hybridized carbons (Fsp3) is 0. The number of hydrogen-bond donors (Lipinski definition) is 2. The molecule has 0 fully saturated rings. The van der Waals surface area contributed by atoms with Gasteiger partial charge in [0.15, 0.2) is 11.5 Å². The molecule has 0 aliphatic rings. The molecule has 23 heavy (non-hydrogen) atoms. The number of benzene rings is 2. The van der Waals surface area contributed by atoms with Gasteiger partial charge in [-0.1, -0.05) is 5.16 Å². The fourth-order valence-electron chi connectivity index (χ4n) is 1.97. The Morgan fingerprint density at radius 3 is 2.48 bits per heavy atom. The predicted molar refractivity (Wildman–Crippen MR) is 82.7 cm³/mol. The number of nitriles is 1. The smallest absolute Gasteiger partial charge is 0.277 e. The van der Waals surface area contributed by atoms with E-state index in [1.165, 1.54) is 18.2 Å². The monoisotopic (exact) mass is 305 g/mol. The van der Waals surface area contributed by atoms with Gasteiger partial charge in [0, 0.05) is 17.3 Å². The molecule has 112 valence electrons. The van der Waals surface area contributed by atoms with Crippen LogP contribution in [-0.2, 0) is 0 Å². The number of nitrogens with one attached hydrogen (secondary N) is 1. The molecule has 1 amide bonds. The first-order valence-electron chi connectivity index (χ1n) is 6.73. The molecule has 2 N–H and O–H groups in total. The van der Waals surface area contributed by atoms with Gasteiger partial charge >= 0.3 is 0 Å². The third kappa shape index (κ3) is 3.19. The maximum Gasteiger partial charge on any atom is 0.277 e. The molecule has 1 aromatic heterocycles. The summed E-state index contributed by atoms with van der Waals surface area (Å²) in [6, 6.07) is 16.4. The van der Waals surface area contributed by atoms with Gasteiger partial charge in [-0.25, -0.2) is 0 Å². The molecule has 3 rings (SSSR count). The highest BCUT2D eigenvalue weighted by atomic mass is 16.5. The molecule has 3 aromatic rings. The largest absolute Gasteiger partial charge is 0.508 e. The molecular formula is C17H11N3O3. The quantitative estimate of drug-likeness (QED) is 0.774. The highest BCUT2D eigenvalue weighted by Gasteiger charge is 2.14. The first-order chi connectivity index (χ1) is 11.2. The van der Waals surface area contributed by atoms with Crippen molar-refractivity contribution < 1.29 is 14.4 Å². The lowest BCUT2D eigenvalue weighted by Gasteiger charge is -2.01. The van der Waals surface area contributed by atoms with Gasteiger partial charge in [-0.3, -0.25) is 4.79 Å². The lowest BCUT2D eigenvalue weighted by atomic mass is 10.1. The number of phenols is 1. The second kappa shape index (κ2) is 6.03. The zero-order valence-electron chi connectivity index (χ0n) is 11.9. The number of aromatic hydroxyl groups is 1. The summed E-state index contributed by atoms with van der Waals surface area (Å²) in [4.78, 5) is 12.1. The number of aromatic nitrogens is 1. The molecule has 0 radical (unpaired) electrons. The van der Waals surface area contributed by atoms with E-state index in [4.69, 9.17) is 9.78 Å². The summed E-state index contributed by atoms with van der Waals surface area (Å²) >= 11 is 0. The van der Waals surface area contributed by atoms with Crippen LogP contribution in [0.5, 0.6) is 5.75 Å². The Hall–Kier alpha value is -3.59. The minimum Gasteiger partial charge on any atom is -0.508 e. The summed E-state index contributed by atoms with van der Waals surface area (Å²) < 4.78 is 5.15.